The predicted molar refractivity (Wildman–Crippen MR) is 81.2 cm³/mol. The highest BCUT2D eigenvalue weighted by Crippen LogP contribution is 2.31. The summed E-state index contributed by atoms with van der Waals surface area (Å²) < 4.78 is 1.40. The van der Waals surface area contributed by atoms with Crippen LogP contribution in [0.15, 0.2) is 6.07 Å². The topological polar surface area (TPSA) is 55.1 Å². The van der Waals surface area contributed by atoms with Gasteiger partial charge in [0.05, 0.1) is 8.67 Å². The largest absolute Gasteiger partial charge is 0.352 e. The van der Waals surface area contributed by atoms with Gasteiger partial charge in [0.25, 0.3) is 0 Å². The number of hydrogen-bond donors (Lipinski definition) is 2. The predicted octanol–water partition coefficient (Wildman–Crippen LogP) is 3.26. The van der Waals surface area contributed by atoms with Crippen molar-refractivity contribution in [2.45, 2.75) is 32.2 Å². The third-order valence-electron chi connectivity index (χ3n) is 2.34. The fourth-order valence-electron chi connectivity index (χ4n) is 1.39. The quantitative estimate of drug-likeness (QED) is 0.840. The van der Waals surface area contributed by atoms with Crippen LogP contribution in [0.3, 0.4) is 0 Å². The number of rotatable bonds is 6. The van der Waals surface area contributed by atoms with Gasteiger partial charge in [-0.2, -0.15) is 0 Å². The standard InChI is InChI=1S/C11H16Cl2N2OS.ClH/c1-7(6-14)15-10(16)4-2-3-8-5-9(12)17-11(8)13;/h5,7H,2-4,6,14H2,1H3,(H,15,16);1H/t7-;/m0./s1. The molecule has 1 aromatic heterocycles. The Morgan fingerprint density at radius 2 is 2.22 bits per heavy atom. The van der Waals surface area contributed by atoms with E-state index in [0.717, 1.165) is 18.4 Å². The van der Waals surface area contributed by atoms with Crippen LogP contribution < -0.4 is 11.1 Å². The fraction of sp³-hybridized carbons (Fsp3) is 0.545. The molecular weight excluding hydrogens is 315 g/mol. The van der Waals surface area contributed by atoms with Gasteiger partial charge in [0.15, 0.2) is 0 Å². The maximum Gasteiger partial charge on any atom is 0.220 e. The summed E-state index contributed by atoms with van der Waals surface area (Å²) in [7, 11) is 0. The van der Waals surface area contributed by atoms with Crippen molar-refractivity contribution in [1.29, 1.82) is 0 Å². The molecule has 1 rings (SSSR count). The number of nitrogens with two attached hydrogens (primary N) is 1. The van der Waals surface area contributed by atoms with Crippen LogP contribution in [-0.4, -0.2) is 18.5 Å². The molecule has 0 aliphatic rings. The maximum atomic E-state index is 11.5. The Hall–Kier alpha value is -0.000000000000000222. The van der Waals surface area contributed by atoms with E-state index in [1.807, 2.05) is 13.0 Å². The van der Waals surface area contributed by atoms with Crippen molar-refractivity contribution in [3.05, 3.63) is 20.3 Å². The Labute approximate surface area is 127 Å². The molecular formula is C11H17Cl3N2OS. The van der Waals surface area contributed by atoms with Gasteiger partial charge in [-0.15, -0.1) is 23.7 Å². The summed E-state index contributed by atoms with van der Waals surface area (Å²) in [6.07, 6.45) is 2.01. The minimum atomic E-state index is 0. The second kappa shape index (κ2) is 8.99. The van der Waals surface area contributed by atoms with Crippen molar-refractivity contribution in [2.24, 2.45) is 5.73 Å². The summed E-state index contributed by atoms with van der Waals surface area (Å²) >= 11 is 13.2. The summed E-state index contributed by atoms with van der Waals surface area (Å²) in [5.41, 5.74) is 6.43. The molecule has 0 aliphatic heterocycles. The smallest absolute Gasteiger partial charge is 0.220 e. The number of nitrogens with one attached hydrogen (secondary N) is 1. The van der Waals surface area contributed by atoms with E-state index in [-0.39, 0.29) is 24.4 Å². The van der Waals surface area contributed by atoms with Crippen LogP contribution in [0.2, 0.25) is 8.67 Å². The number of aryl methyl sites for hydroxylation is 1. The third kappa shape index (κ3) is 6.25. The van der Waals surface area contributed by atoms with E-state index >= 15 is 0 Å². The number of carbonyl (C=O) groups excluding carboxylic acids is 1. The SMILES string of the molecule is C[C@@H](CN)NC(=O)CCCc1cc(Cl)sc1Cl.Cl. The highest BCUT2D eigenvalue weighted by molar-refractivity contribution is 7.20. The van der Waals surface area contributed by atoms with E-state index in [1.165, 1.54) is 11.3 Å². The molecule has 0 bridgehead atoms. The molecule has 104 valence electrons. The summed E-state index contributed by atoms with van der Waals surface area (Å²) in [6, 6.07) is 1.89. The van der Waals surface area contributed by atoms with Gasteiger partial charge in [0.1, 0.15) is 0 Å². The van der Waals surface area contributed by atoms with Crippen LogP contribution >= 0.6 is 46.9 Å². The van der Waals surface area contributed by atoms with Crippen molar-refractivity contribution in [3.8, 4) is 0 Å². The molecule has 0 saturated carbocycles. The van der Waals surface area contributed by atoms with Crippen LogP contribution in [0.4, 0.5) is 0 Å². The molecule has 0 spiro atoms. The molecule has 18 heavy (non-hydrogen) atoms. The normalized spacial score (nSPS) is 11.8. The zero-order chi connectivity index (χ0) is 12.8. The summed E-state index contributed by atoms with van der Waals surface area (Å²) in [4.78, 5) is 11.5. The van der Waals surface area contributed by atoms with E-state index in [4.69, 9.17) is 28.9 Å². The molecule has 1 heterocycles. The minimum absolute atomic E-state index is 0. The van der Waals surface area contributed by atoms with Crippen molar-refractivity contribution < 1.29 is 4.79 Å². The summed E-state index contributed by atoms with van der Waals surface area (Å²) in [6.45, 7) is 2.34. The van der Waals surface area contributed by atoms with E-state index in [0.29, 0.717) is 21.6 Å². The molecule has 3 nitrogen and oxygen atoms in total. The molecule has 1 atom stereocenters. The molecule has 0 aliphatic carbocycles. The highest BCUT2D eigenvalue weighted by atomic mass is 35.5. The van der Waals surface area contributed by atoms with Gasteiger partial charge in [-0.25, -0.2) is 0 Å². The number of amides is 1. The molecule has 0 unspecified atom stereocenters. The first-order chi connectivity index (χ1) is 8.02. The van der Waals surface area contributed by atoms with Crippen LogP contribution in [-0.2, 0) is 11.2 Å². The lowest BCUT2D eigenvalue weighted by atomic mass is 10.1. The summed E-state index contributed by atoms with van der Waals surface area (Å²) in [5.74, 6) is 0.0281. The lowest BCUT2D eigenvalue weighted by Gasteiger charge is -2.10. The van der Waals surface area contributed by atoms with Crippen molar-refractivity contribution in [1.82, 2.24) is 5.32 Å². The van der Waals surface area contributed by atoms with Gasteiger partial charge in [-0.05, 0) is 31.4 Å². The molecule has 7 heteroatoms. The van der Waals surface area contributed by atoms with Gasteiger partial charge in [0.2, 0.25) is 5.91 Å². The molecule has 0 saturated heterocycles. The second-order valence-electron chi connectivity index (χ2n) is 3.91. The van der Waals surface area contributed by atoms with Crippen molar-refractivity contribution in [3.63, 3.8) is 0 Å². The molecule has 0 fully saturated rings. The molecule has 1 aromatic rings. The van der Waals surface area contributed by atoms with Crippen LogP contribution in [0, 0.1) is 0 Å². The minimum Gasteiger partial charge on any atom is -0.352 e. The van der Waals surface area contributed by atoms with Crippen LogP contribution in [0.1, 0.15) is 25.3 Å². The number of hydrogen-bond acceptors (Lipinski definition) is 3. The number of halogens is 3. The van der Waals surface area contributed by atoms with E-state index in [1.54, 1.807) is 0 Å². The zero-order valence-electron chi connectivity index (χ0n) is 10.0. The zero-order valence-corrected chi connectivity index (χ0v) is 13.2. The molecule has 0 aromatic carbocycles. The van der Waals surface area contributed by atoms with Crippen LogP contribution in [0.5, 0.6) is 0 Å². The van der Waals surface area contributed by atoms with Gasteiger partial charge >= 0.3 is 0 Å². The molecule has 3 N–H and O–H groups in total. The second-order valence-corrected chi connectivity index (χ2v) is 6.19. The lowest BCUT2D eigenvalue weighted by Crippen LogP contribution is -2.37. The average molecular weight is 332 g/mol. The van der Waals surface area contributed by atoms with E-state index in [9.17, 15) is 4.79 Å². The van der Waals surface area contributed by atoms with Gasteiger partial charge < -0.3 is 11.1 Å². The monoisotopic (exact) mass is 330 g/mol. The maximum absolute atomic E-state index is 11.5. The Balaban J connectivity index is 0.00000289. The average Bonchev–Trinajstić information content (AvgIpc) is 2.57. The Kier molecular flexibility index (Phi) is 8.99. The first kappa shape index (κ1) is 18.0. The van der Waals surface area contributed by atoms with E-state index < -0.39 is 0 Å². The first-order valence-electron chi connectivity index (χ1n) is 5.46. The lowest BCUT2D eigenvalue weighted by molar-refractivity contribution is -0.121. The Morgan fingerprint density at radius 3 is 2.72 bits per heavy atom. The Bertz CT molecular complexity index is 384. The summed E-state index contributed by atoms with van der Waals surface area (Å²) in [5, 5.41) is 2.82. The van der Waals surface area contributed by atoms with Gasteiger partial charge in [-0.1, -0.05) is 23.2 Å². The van der Waals surface area contributed by atoms with Gasteiger partial charge in [0, 0.05) is 19.0 Å². The highest BCUT2D eigenvalue weighted by Gasteiger charge is 2.08. The number of thiophene rings is 1. The van der Waals surface area contributed by atoms with Gasteiger partial charge in [-0.3, -0.25) is 4.79 Å². The fourth-order valence-corrected chi connectivity index (χ4v) is 2.93. The Morgan fingerprint density at radius 1 is 1.56 bits per heavy atom. The van der Waals surface area contributed by atoms with Crippen molar-refractivity contribution >= 4 is 52.9 Å². The molecule has 1 amide bonds. The third-order valence-corrected chi connectivity index (χ3v) is 3.91. The van der Waals surface area contributed by atoms with Crippen LogP contribution in [0.25, 0.3) is 0 Å². The molecule has 0 radical (unpaired) electrons. The first-order valence-corrected chi connectivity index (χ1v) is 7.03. The number of carbonyl (C=O) groups is 1. The van der Waals surface area contributed by atoms with Crippen molar-refractivity contribution in [2.75, 3.05) is 6.54 Å². The van der Waals surface area contributed by atoms with E-state index in [2.05, 4.69) is 5.32 Å².